The van der Waals surface area contributed by atoms with Crippen molar-refractivity contribution in [2.75, 3.05) is 0 Å². The zero-order valence-corrected chi connectivity index (χ0v) is 9.51. The first-order valence-electron chi connectivity index (χ1n) is 5.44. The lowest BCUT2D eigenvalue weighted by molar-refractivity contribution is -0.136. The lowest BCUT2D eigenvalue weighted by Crippen LogP contribution is -2.02. The van der Waals surface area contributed by atoms with Crippen molar-refractivity contribution in [2.24, 2.45) is 0 Å². The Morgan fingerprint density at radius 3 is 2.88 bits per heavy atom. The lowest BCUT2D eigenvalue weighted by Gasteiger charge is -2.05. The topological polar surface area (TPSA) is 63.3 Å². The molecule has 0 spiro atoms. The van der Waals surface area contributed by atoms with Gasteiger partial charge in [-0.2, -0.15) is 0 Å². The number of aryl methyl sites for hydroxylation is 1. The van der Waals surface area contributed by atoms with Crippen LogP contribution in [0.1, 0.15) is 18.2 Å². The van der Waals surface area contributed by atoms with Crippen LogP contribution in [0.15, 0.2) is 35.1 Å². The molecule has 0 fully saturated rings. The number of oxazole rings is 1. The summed E-state index contributed by atoms with van der Waals surface area (Å²) in [6.07, 6.45) is 2.12. The molecule has 1 aromatic heterocycles. The lowest BCUT2D eigenvalue weighted by atomic mass is 10.0. The molecule has 0 atom stereocenters. The standard InChI is InChI=1S/C13H13NO3/c1-2-11-13(14-8-17-11)10-6-4-3-5-9(10)7-12(15)16/h3-6,8H,2,7H2,1H3,(H,15,16). The van der Waals surface area contributed by atoms with E-state index < -0.39 is 5.97 Å². The van der Waals surface area contributed by atoms with Gasteiger partial charge in [0, 0.05) is 12.0 Å². The third-order valence-corrected chi connectivity index (χ3v) is 2.58. The van der Waals surface area contributed by atoms with Gasteiger partial charge in [0.05, 0.1) is 6.42 Å². The van der Waals surface area contributed by atoms with Gasteiger partial charge in [0.1, 0.15) is 11.5 Å². The maximum Gasteiger partial charge on any atom is 0.307 e. The molecule has 0 radical (unpaired) electrons. The Morgan fingerprint density at radius 2 is 2.18 bits per heavy atom. The summed E-state index contributed by atoms with van der Waals surface area (Å²) < 4.78 is 5.27. The zero-order valence-electron chi connectivity index (χ0n) is 9.51. The van der Waals surface area contributed by atoms with E-state index in [1.807, 2.05) is 25.1 Å². The van der Waals surface area contributed by atoms with Gasteiger partial charge in [-0.15, -0.1) is 0 Å². The van der Waals surface area contributed by atoms with E-state index >= 15 is 0 Å². The van der Waals surface area contributed by atoms with Crippen LogP contribution in [0.2, 0.25) is 0 Å². The number of rotatable bonds is 4. The maximum atomic E-state index is 10.8. The summed E-state index contributed by atoms with van der Waals surface area (Å²) in [5.74, 6) is -0.0677. The Bertz CT molecular complexity index is 531. The average molecular weight is 231 g/mol. The Balaban J connectivity index is 2.48. The molecule has 0 amide bonds. The van der Waals surface area contributed by atoms with E-state index in [1.165, 1.54) is 6.39 Å². The van der Waals surface area contributed by atoms with Crippen LogP contribution in [-0.4, -0.2) is 16.1 Å². The molecule has 0 aliphatic heterocycles. The van der Waals surface area contributed by atoms with Crippen LogP contribution in [0.4, 0.5) is 0 Å². The Hall–Kier alpha value is -2.10. The molecule has 17 heavy (non-hydrogen) atoms. The van der Waals surface area contributed by atoms with E-state index in [9.17, 15) is 4.79 Å². The Labute approximate surface area is 98.9 Å². The van der Waals surface area contributed by atoms with Gasteiger partial charge >= 0.3 is 5.97 Å². The minimum Gasteiger partial charge on any atom is -0.481 e. The van der Waals surface area contributed by atoms with E-state index in [0.717, 1.165) is 29.0 Å². The van der Waals surface area contributed by atoms with Crippen LogP contribution in [0.5, 0.6) is 0 Å². The fourth-order valence-electron chi connectivity index (χ4n) is 1.81. The van der Waals surface area contributed by atoms with Gasteiger partial charge in [0.2, 0.25) is 0 Å². The molecule has 1 heterocycles. The summed E-state index contributed by atoms with van der Waals surface area (Å²) in [5, 5.41) is 8.87. The fraction of sp³-hybridized carbons (Fsp3) is 0.231. The number of hydrogen-bond acceptors (Lipinski definition) is 3. The summed E-state index contributed by atoms with van der Waals surface area (Å²) in [5.41, 5.74) is 2.33. The molecule has 4 heteroatoms. The Morgan fingerprint density at radius 1 is 1.41 bits per heavy atom. The van der Waals surface area contributed by atoms with Crippen molar-refractivity contribution in [1.82, 2.24) is 4.98 Å². The summed E-state index contributed by atoms with van der Waals surface area (Å²) in [6.45, 7) is 1.98. The highest BCUT2D eigenvalue weighted by atomic mass is 16.4. The molecule has 0 bridgehead atoms. The van der Waals surface area contributed by atoms with Crippen molar-refractivity contribution in [3.05, 3.63) is 42.0 Å². The molecule has 0 unspecified atom stereocenters. The number of aliphatic carboxylic acids is 1. The predicted octanol–water partition coefficient (Wildman–Crippen LogP) is 2.53. The van der Waals surface area contributed by atoms with Crippen LogP contribution >= 0.6 is 0 Å². The molecule has 0 saturated carbocycles. The van der Waals surface area contributed by atoms with Crippen molar-refractivity contribution in [2.45, 2.75) is 19.8 Å². The van der Waals surface area contributed by atoms with Gasteiger partial charge in [-0.05, 0) is 5.56 Å². The third kappa shape index (κ3) is 2.36. The normalized spacial score (nSPS) is 10.4. The molecular weight excluding hydrogens is 218 g/mol. The van der Waals surface area contributed by atoms with Gasteiger partial charge in [-0.3, -0.25) is 4.79 Å². The summed E-state index contributed by atoms with van der Waals surface area (Å²) >= 11 is 0. The zero-order chi connectivity index (χ0) is 12.3. The molecule has 0 aliphatic rings. The molecule has 1 aromatic carbocycles. The predicted molar refractivity (Wildman–Crippen MR) is 62.7 cm³/mol. The maximum absolute atomic E-state index is 10.8. The smallest absolute Gasteiger partial charge is 0.307 e. The number of carboxylic acids is 1. The fourth-order valence-corrected chi connectivity index (χ4v) is 1.81. The highest BCUT2D eigenvalue weighted by Gasteiger charge is 2.14. The van der Waals surface area contributed by atoms with E-state index in [1.54, 1.807) is 6.07 Å². The van der Waals surface area contributed by atoms with Crippen molar-refractivity contribution in [1.29, 1.82) is 0 Å². The summed E-state index contributed by atoms with van der Waals surface area (Å²) in [4.78, 5) is 15.0. The van der Waals surface area contributed by atoms with E-state index in [0.29, 0.717) is 0 Å². The second-order valence-corrected chi connectivity index (χ2v) is 3.71. The minimum absolute atomic E-state index is 0.00775. The minimum atomic E-state index is -0.848. The quantitative estimate of drug-likeness (QED) is 0.878. The van der Waals surface area contributed by atoms with E-state index in [4.69, 9.17) is 9.52 Å². The largest absolute Gasteiger partial charge is 0.481 e. The van der Waals surface area contributed by atoms with Gasteiger partial charge in [-0.25, -0.2) is 4.98 Å². The van der Waals surface area contributed by atoms with Crippen molar-refractivity contribution >= 4 is 5.97 Å². The van der Waals surface area contributed by atoms with Gasteiger partial charge < -0.3 is 9.52 Å². The monoisotopic (exact) mass is 231 g/mol. The van der Waals surface area contributed by atoms with E-state index in [-0.39, 0.29) is 6.42 Å². The first kappa shape index (κ1) is 11.4. The first-order chi connectivity index (χ1) is 8.22. The highest BCUT2D eigenvalue weighted by Crippen LogP contribution is 2.26. The first-order valence-corrected chi connectivity index (χ1v) is 5.44. The molecule has 88 valence electrons. The number of hydrogen-bond donors (Lipinski definition) is 1. The molecule has 2 rings (SSSR count). The molecule has 0 aliphatic carbocycles. The van der Waals surface area contributed by atoms with Gasteiger partial charge in [0.15, 0.2) is 6.39 Å². The molecule has 1 N–H and O–H groups in total. The highest BCUT2D eigenvalue weighted by molar-refractivity contribution is 5.75. The van der Waals surface area contributed by atoms with Crippen LogP contribution < -0.4 is 0 Å². The number of aromatic nitrogens is 1. The van der Waals surface area contributed by atoms with Crippen LogP contribution in [-0.2, 0) is 17.6 Å². The summed E-state index contributed by atoms with van der Waals surface area (Å²) in [6, 6.07) is 7.37. The number of nitrogens with zero attached hydrogens (tertiary/aromatic N) is 1. The third-order valence-electron chi connectivity index (χ3n) is 2.58. The van der Waals surface area contributed by atoms with E-state index in [2.05, 4.69) is 4.98 Å². The second-order valence-electron chi connectivity index (χ2n) is 3.71. The SMILES string of the molecule is CCc1ocnc1-c1ccccc1CC(=O)O. The average Bonchev–Trinajstić information content (AvgIpc) is 2.77. The number of benzene rings is 1. The molecule has 2 aromatic rings. The Kier molecular flexibility index (Phi) is 3.23. The van der Waals surface area contributed by atoms with Crippen molar-refractivity contribution in [3.8, 4) is 11.3 Å². The van der Waals surface area contributed by atoms with Crippen LogP contribution in [0.3, 0.4) is 0 Å². The molecule has 4 nitrogen and oxygen atoms in total. The van der Waals surface area contributed by atoms with Gasteiger partial charge in [-0.1, -0.05) is 31.2 Å². The van der Waals surface area contributed by atoms with Crippen LogP contribution in [0, 0.1) is 0 Å². The van der Waals surface area contributed by atoms with Crippen LogP contribution in [0.25, 0.3) is 11.3 Å². The van der Waals surface area contributed by atoms with Gasteiger partial charge in [0.25, 0.3) is 0 Å². The van der Waals surface area contributed by atoms with Crippen molar-refractivity contribution < 1.29 is 14.3 Å². The number of carboxylic acid groups (broad SMARTS) is 1. The number of carbonyl (C=O) groups is 1. The summed E-state index contributed by atoms with van der Waals surface area (Å²) in [7, 11) is 0. The van der Waals surface area contributed by atoms with Crippen molar-refractivity contribution in [3.63, 3.8) is 0 Å². The molecular formula is C13H13NO3. The second kappa shape index (κ2) is 4.82. The molecule has 0 saturated heterocycles.